The van der Waals surface area contributed by atoms with Gasteiger partial charge in [-0.3, -0.25) is 0 Å². The Labute approximate surface area is 124 Å². The summed E-state index contributed by atoms with van der Waals surface area (Å²) in [6.45, 7) is 5.66. The van der Waals surface area contributed by atoms with Gasteiger partial charge in [-0.05, 0) is 65.4 Å². The van der Waals surface area contributed by atoms with Crippen LogP contribution in [0, 0.1) is 0 Å². The van der Waals surface area contributed by atoms with Gasteiger partial charge < -0.3 is 15.0 Å². The van der Waals surface area contributed by atoms with E-state index in [0.29, 0.717) is 12.1 Å². The van der Waals surface area contributed by atoms with Gasteiger partial charge in [0.2, 0.25) is 0 Å². The first kappa shape index (κ1) is 17.0. The van der Waals surface area contributed by atoms with Gasteiger partial charge in [0, 0.05) is 12.1 Å². The average molecular weight is 278 g/mol. The van der Waals surface area contributed by atoms with Gasteiger partial charge in [0.1, 0.15) is 5.75 Å². The summed E-state index contributed by atoms with van der Waals surface area (Å²) in [6, 6.07) is 9.43. The van der Waals surface area contributed by atoms with E-state index >= 15 is 0 Å². The van der Waals surface area contributed by atoms with Crippen LogP contribution in [0.5, 0.6) is 5.75 Å². The Morgan fingerprint density at radius 3 is 2.60 bits per heavy atom. The average Bonchev–Trinajstić information content (AvgIpc) is 2.47. The Hall–Kier alpha value is -1.06. The molecule has 0 aliphatic carbocycles. The molecular weight excluding hydrogens is 248 g/mol. The van der Waals surface area contributed by atoms with Crippen LogP contribution in [0.3, 0.4) is 0 Å². The first-order valence-corrected chi connectivity index (χ1v) is 7.57. The van der Waals surface area contributed by atoms with Crippen LogP contribution in [-0.2, 0) is 6.42 Å². The molecule has 0 aliphatic heterocycles. The number of ether oxygens (including phenoxy) is 1. The van der Waals surface area contributed by atoms with E-state index < -0.39 is 0 Å². The van der Waals surface area contributed by atoms with Crippen LogP contribution in [0.1, 0.15) is 32.3 Å². The summed E-state index contributed by atoms with van der Waals surface area (Å²) >= 11 is 0. The number of likely N-dealkylation sites (N-methyl/N-ethyl adjacent to an activating group) is 1. The smallest absolute Gasteiger partial charge is 0.122 e. The lowest BCUT2D eigenvalue weighted by atomic mass is 10.0. The summed E-state index contributed by atoms with van der Waals surface area (Å²) in [5.74, 6) is 0.997. The molecule has 0 bridgehead atoms. The predicted octanol–water partition coefficient (Wildman–Crippen LogP) is 2.95. The van der Waals surface area contributed by atoms with Crippen molar-refractivity contribution in [3.8, 4) is 5.75 Å². The minimum atomic E-state index is 0.524. The van der Waals surface area contributed by atoms with Gasteiger partial charge in [-0.15, -0.1) is 0 Å². The van der Waals surface area contributed by atoms with Gasteiger partial charge in [0.15, 0.2) is 0 Å². The molecule has 0 aliphatic rings. The fraction of sp³-hybridized carbons (Fsp3) is 0.647. The van der Waals surface area contributed by atoms with E-state index in [1.54, 1.807) is 7.11 Å². The summed E-state index contributed by atoms with van der Waals surface area (Å²) in [4.78, 5) is 2.44. The molecule has 3 nitrogen and oxygen atoms in total. The number of nitrogens with zero attached hydrogens (tertiary/aromatic N) is 1. The summed E-state index contributed by atoms with van der Waals surface area (Å²) in [6.07, 6.45) is 3.49. The molecule has 0 saturated heterocycles. The van der Waals surface area contributed by atoms with E-state index in [1.165, 1.54) is 18.4 Å². The number of para-hydroxylation sites is 1. The maximum absolute atomic E-state index is 5.43. The molecule has 1 aromatic carbocycles. The fourth-order valence-electron chi connectivity index (χ4n) is 2.36. The maximum Gasteiger partial charge on any atom is 0.122 e. The lowest BCUT2D eigenvalue weighted by Gasteiger charge is -2.26. The molecule has 2 atom stereocenters. The zero-order valence-electron chi connectivity index (χ0n) is 13.6. The molecule has 0 heterocycles. The number of hydrogen-bond donors (Lipinski definition) is 1. The molecule has 0 radical (unpaired) electrons. The van der Waals surface area contributed by atoms with Crippen molar-refractivity contribution in [1.29, 1.82) is 0 Å². The first-order valence-electron chi connectivity index (χ1n) is 7.57. The molecule has 2 unspecified atom stereocenters. The second kappa shape index (κ2) is 8.98. The highest BCUT2D eigenvalue weighted by molar-refractivity contribution is 5.33. The van der Waals surface area contributed by atoms with Gasteiger partial charge in [-0.2, -0.15) is 0 Å². The van der Waals surface area contributed by atoms with E-state index in [9.17, 15) is 0 Å². The Bertz CT molecular complexity index is 381. The van der Waals surface area contributed by atoms with Gasteiger partial charge >= 0.3 is 0 Å². The lowest BCUT2D eigenvalue weighted by Crippen LogP contribution is -2.32. The number of hydrogen-bond acceptors (Lipinski definition) is 3. The van der Waals surface area contributed by atoms with Crippen molar-refractivity contribution in [3.63, 3.8) is 0 Å². The first-order chi connectivity index (χ1) is 9.58. The lowest BCUT2D eigenvalue weighted by molar-refractivity contribution is 0.246. The van der Waals surface area contributed by atoms with Gasteiger partial charge in [0.05, 0.1) is 7.11 Å². The second-order valence-electron chi connectivity index (χ2n) is 5.68. The normalized spacial score (nSPS) is 14.3. The Balaban J connectivity index is 2.43. The van der Waals surface area contributed by atoms with Crippen LogP contribution in [0.25, 0.3) is 0 Å². The van der Waals surface area contributed by atoms with Crippen LogP contribution < -0.4 is 10.1 Å². The quantitative estimate of drug-likeness (QED) is 0.751. The highest BCUT2D eigenvalue weighted by atomic mass is 16.5. The molecule has 3 heteroatoms. The fourth-order valence-corrected chi connectivity index (χ4v) is 2.36. The Kier molecular flexibility index (Phi) is 7.63. The molecule has 0 spiro atoms. The maximum atomic E-state index is 5.43. The summed E-state index contributed by atoms with van der Waals surface area (Å²) in [5.41, 5.74) is 1.29. The molecule has 20 heavy (non-hydrogen) atoms. The van der Waals surface area contributed by atoms with E-state index in [0.717, 1.165) is 18.7 Å². The van der Waals surface area contributed by atoms with Gasteiger partial charge in [-0.25, -0.2) is 0 Å². The third-order valence-electron chi connectivity index (χ3n) is 4.10. The predicted molar refractivity (Wildman–Crippen MR) is 86.5 cm³/mol. The molecule has 1 aromatic rings. The topological polar surface area (TPSA) is 24.5 Å². The Morgan fingerprint density at radius 1 is 1.25 bits per heavy atom. The molecule has 0 saturated carbocycles. The minimum absolute atomic E-state index is 0.524. The number of benzene rings is 1. The van der Waals surface area contributed by atoms with E-state index in [-0.39, 0.29) is 0 Å². The number of methoxy groups -OCH3 is 1. The highest BCUT2D eigenvalue weighted by Gasteiger charge is 2.12. The Morgan fingerprint density at radius 2 is 1.95 bits per heavy atom. The molecular formula is C17H30N2O. The monoisotopic (exact) mass is 278 g/mol. The van der Waals surface area contributed by atoms with Crippen molar-refractivity contribution in [3.05, 3.63) is 29.8 Å². The van der Waals surface area contributed by atoms with Crippen molar-refractivity contribution in [2.45, 2.75) is 45.2 Å². The second-order valence-corrected chi connectivity index (χ2v) is 5.68. The third kappa shape index (κ3) is 5.51. The van der Waals surface area contributed by atoms with Crippen molar-refractivity contribution in [2.75, 3.05) is 27.7 Å². The highest BCUT2D eigenvalue weighted by Crippen LogP contribution is 2.20. The number of nitrogens with one attached hydrogen (secondary N) is 1. The van der Waals surface area contributed by atoms with Crippen molar-refractivity contribution < 1.29 is 4.74 Å². The zero-order chi connectivity index (χ0) is 15.0. The van der Waals surface area contributed by atoms with Crippen LogP contribution >= 0.6 is 0 Å². The standard InChI is InChI=1S/C17H30N2O/c1-14(18-3)9-8-12-19(4)15(2)13-16-10-6-7-11-17(16)20-5/h6-7,10-11,14-15,18H,8-9,12-13H2,1-5H3. The number of rotatable bonds is 9. The van der Waals surface area contributed by atoms with Crippen molar-refractivity contribution in [1.82, 2.24) is 10.2 Å². The molecule has 1 rings (SSSR count). The van der Waals surface area contributed by atoms with Crippen LogP contribution in [0.15, 0.2) is 24.3 Å². The zero-order valence-corrected chi connectivity index (χ0v) is 13.6. The summed E-state index contributed by atoms with van der Waals surface area (Å²) in [7, 11) is 5.98. The van der Waals surface area contributed by atoms with Crippen molar-refractivity contribution >= 4 is 0 Å². The SMILES string of the molecule is CNC(C)CCCN(C)C(C)Cc1ccccc1OC. The molecule has 0 aromatic heterocycles. The summed E-state index contributed by atoms with van der Waals surface area (Å²) in [5, 5.41) is 3.29. The molecule has 1 N–H and O–H groups in total. The van der Waals surface area contributed by atoms with E-state index in [2.05, 4.69) is 43.2 Å². The molecule has 0 fully saturated rings. The van der Waals surface area contributed by atoms with Crippen LogP contribution in [0.2, 0.25) is 0 Å². The van der Waals surface area contributed by atoms with Crippen molar-refractivity contribution in [2.24, 2.45) is 0 Å². The van der Waals surface area contributed by atoms with Crippen LogP contribution in [-0.4, -0.2) is 44.7 Å². The van der Waals surface area contributed by atoms with Gasteiger partial charge in [0.25, 0.3) is 0 Å². The van der Waals surface area contributed by atoms with Gasteiger partial charge in [-0.1, -0.05) is 18.2 Å². The molecule has 0 amide bonds. The largest absolute Gasteiger partial charge is 0.496 e. The van der Waals surface area contributed by atoms with E-state index in [1.807, 2.05) is 19.2 Å². The minimum Gasteiger partial charge on any atom is -0.496 e. The third-order valence-corrected chi connectivity index (χ3v) is 4.10. The molecule has 114 valence electrons. The van der Waals surface area contributed by atoms with Crippen LogP contribution in [0.4, 0.5) is 0 Å². The summed E-state index contributed by atoms with van der Waals surface area (Å²) < 4.78 is 5.43. The van der Waals surface area contributed by atoms with E-state index in [4.69, 9.17) is 4.74 Å².